The molecule has 0 aromatic rings. The minimum Gasteiger partial charge on any atom is -0.633 e. The Morgan fingerprint density at radius 2 is 1.60 bits per heavy atom. The molecule has 3 nitrogen and oxygen atoms in total. The van der Waals surface area contributed by atoms with E-state index in [4.69, 9.17) is 0 Å². The van der Waals surface area contributed by atoms with E-state index in [0.29, 0.717) is 6.54 Å². The van der Waals surface area contributed by atoms with Gasteiger partial charge in [-0.25, -0.2) is 0 Å². The summed E-state index contributed by atoms with van der Waals surface area (Å²) in [6.45, 7) is 2.52. The Hall–Kier alpha value is -0.120. The van der Waals surface area contributed by atoms with Crippen molar-refractivity contribution < 1.29 is 9.75 Å². The number of hydrogen-bond acceptors (Lipinski definition) is 2. The van der Waals surface area contributed by atoms with E-state index in [2.05, 4.69) is 6.92 Å². The van der Waals surface area contributed by atoms with Crippen LogP contribution in [-0.4, -0.2) is 36.5 Å². The van der Waals surface area contributed by atoms with E-state index in [1.165, 1.54) is 32.1 Å². The topological polar surface area (TPSA) is 43.3 Å². The summed E-state index contributed by atoms with van der Waals surface area (Å²) in [5.41, 5.74) is 0. The number of aliphatic hydroxyl groups excluding tert-OH is 1. The summed E-state index contributed by atoms with van der Waals surface area (Å²) in [4.78, 5) is 0. The molecular formula is C12H27NO2. The molecule has 3 heteroatoms. The summed E-state index contributed by atoms with van der Waals surface area (Å²) in [5.74, 6) is 0. The smallest absolute Gasteiger partial charge is 0.104 e. The summed E-state index contributed by atoms with van der Waals surface area (Å²) >= 11 is 0. The standard InChI is InChI=1S/C12H27NO2/c1-4-5-6-7-8-9-10-12(14)11-13(2,3)15/h12,14H,4-11H2,1-3H3/t12-/m0/s1. The SMILES string of the molecule is CCCCCCCC[C@H](O)C[N+](C)(C)[O-]. The zero-order valence-electron chi connectivity index (χ0n) is 10.5. The molecule has 0 aliphatic heterocycles. The Bertz CT molecular complexity index is 143. The maximum atomic E-state index is 11.3. The number of rotatable bonds is 9. The van der Waals surface area contributed by atoms with Crippen molar-refractivity contribution in [1.29, 1.82) is 0 Å². The van der Waals surface area contributed by atoms with Crippen LogP contribution >= 0.6 is 0 Å². The van der Waals surface area contributed by atoms with Crippen molar-refractivity contribution in [1.82, 2.24) is 0 Å². The lowest BCUT2D eigenvalue weighted by Crippen LogP contribution is -2.39. The van der Waals surface area contributed by atoms with Gasteiger partial charge in [0.15, 0.2) is 0 Å². The number of quaternary nitrogens is 1. The maximum Gasteiger partial charge on any atom is 0.104 e. The van der Waals surface area contributed by atoms with E-state index >= 15 is 0 Å². The lowest BCUT2D eigenvalue weighted by molar-refractivity contribution is -0.843. The van der Waals surface area contributed by atoms with Gasteiger partial charge in [0.2, 0.25) is 0 Å². The summed E-state index contributed by atoms with van der Waals surface area (Å²) in [6.07, 6.45) is 7.72. The quantitative estimate of drug-likeness (QED) is 0.366. The van der Waals surface area contributed by atoms with Crippen molar-refractivity contribution in [3.63, 3.8) is 0 Å². The Morgan fingerprint density at radius 3 is 2.13 bits per heavy atom. The minimum atomic E-state index is -0.427. The number of unbranched alkanes of at least 4 members (excludes halogenated alkanes) is 5. The molecule has 0 rings (SSSR count). The molecule has 0 aromatic carbocycles. The fourth-order valence-corrected chi connectivity index (χ4v) is 1.76. The number of hydrogen-bond donors (Lipinski definition) is 1. The first-order valence-corrected chi connectivity index (χ1v) is 6.18. The Morgan fingerprint density at radius 1 is 1.07 bits per heavy atom. The van der Waals surface area contributed by atoms with E-state index in [9.17, 15) is 10.3 Å². The minimum absolute atomic E-state index is 0.314. The van der Waals surface area contributed by atoms with Crippen molar-refractivity contribution in [2.24, 2.45) is 0 Å². The normalized spacial score (nSPS) is 14.2. The molecule has 1 atom stereocenters. The molecule has 15 heavy (non-hydrogen) atoms. The highest BCUT2D eigenvalue weighted by molar-refractivity contribution is 4.55. The second-order valence-corrected chi connectivity index (χ2v) is 4.97. The van der Waals surface area contributed by atoms with Crippen molar-refractivity contribution in [2.45, 2.75) is 58.0 Å². The summed E-state index contributed by atoms with van der Waals surface area (Å²) in [7, 11) is 3.15. The Labute approximate surface area is 94.3 Å². The van der Waals surface area contributed by atoms with E-state index in [0.717, 1.165) is 12.8 Å². The summed E-state index contributed by atoms with van der Waals surface area (Å²) < 4.78 is -0.392. The molecular weight excluding hydrogens is 190 g/mol. The second kappa shape index (κ2) is 8.08. The van der Waals surface area contributed by atoms with Crippen LogP contribution < -0.4 is 0 Å². The molecule has 0 heterocycles. The monoisotopic (exact) mass is 217 g/mol. The molecule has 0 bridgehead atoms. The second-order valence-electron chi connectivity index (χ2n) is 4.97. The third kappa shape index (κ3) is 11.8. The van der Waals surface area contributed by atoms with Crippen LogP contribution in [-0.2, 0) is 0 Å². The predicted octanol–water partition coefficient (Wildman–Crippen LogP) is 2.67. The first kappa shape index (κ1) is 14.9. The number of aliphatic hydroxyl groups is 1. The van der Waals surface area contributed by atoms with Gasteiger partial charge in [-0.05, 0) is 6.42 Å². The third-order valence-electron chi connectivity index (χ3n) is 2.54. The van der Waals surface area contributed by atoms with Gasteiger partial charge in [0.25, 0.3) is 0 Å². The van der Waals surface area contributed by atoms with Crippen LogP contribution in [0.2, 0.25) is 0 Å². The molecule has 0 aliphatic rings. The van der Waals surface area contributed by atoms with Crippen LogP contribution in [0.5, 0.6) is 0 Å². The first-order chi connectivity index (χ1) is 6.95. The van der Waals surface area contributed by atoms with Gasteiger partial charge in [0.05, 0.1) is 14.1 Å². The van der Waals surface area contributed by atoms with Crippen molar-refractivity contribution in [3.8, 4) is 0 Å². The number of nitrogens with zero attached hydrogens (tertiary/aromatic N) is 1. The highest BCUT2D eigenvalue weighted by atomic mass is 16.5. The molecule has 0 aliphatic carbocycles. The first-order valence-electron chi connectivity index (χ1n) is 6.18. The molecule has 0 fully saturated rings. The van der Waals surface area contributed by atoms with Gasteiger partial charge >= 0.3 is 0 Å². The zero-order chi connectivity index (χ0) is 11.7. The highest BCUT2D eigenvalue weighted by Crippen LogP contribution is 2.10. The average molecular weight is 217 g/mol. The Balaban J connectivity index is 3.28. The van der Waals surface area contributed by atoms with E-state index in [1.54, 1.807) is 14.1 Å². The van der Waals surface area contributed by atoms with E-state index < -0.39 is 10.8 Å². The van der Waals surface area contributed by atoms with Crippen LogP contribution in [0.25, 0.3) is 0 Å². The van der Waals surface area contributed by atoms with Crippen LogP contribution in [0.1, 0.15) is 51.9 Å². The third-order valence-corrected chi connectivity index (χ3v) is 2.54. The molecule has 0 spiro atoms. The van der Waals surface area contributed by atoms with Gasteiger partial charge in [-0.1, -0.05) is 45.4 Å². The van der Waals surface area contributed by atoms with Gasteiger partial charge in [0, 0.05) is 0 Å². The highest BCUT2D eigenvalue weighted by Gasteiger charge is 2.11. The van der Waals surface area contributed by atoms with Gasteiger partial charge < -0.3 is 15.0 Å². The maximum absolute atomic E-state index is 11.3. The number of likely N-dealkylation sites (N-methyl/N-ethyl adjacent to an activating group) is 1. The van der Waals surface area contributed by atoms with Crippen molar-refractivity contribution in [3.05, 3.63) is 5.21 Å². The van der Waals surface area contributed by atoms with Gasteiger partial charge in [-0.3, -0.25) is 0 Å². The molecule has 0 aromatic heterocycles. The van der Waals surface area contributed by atoms with E-state index in [1.807, 2.05) is 0 Å². The predicted molar refractivity (Wildman–Crippen MR) is 64.3 cm³/mol. The lowest BCUT2D eigenvalue weighted by atomic mass is 10.1. The van der Waals surface area contributed by atoms with E-state index in [-0.39, 0.29) is 0 Å². The van der Waals surface area contributed by atoms with Gasteiger partial charge in [0.1, 0.15) is 12.6 Å². The summed E-state index contributed by atoms with van der Waals surface area (Å²) in [6, 6.07) is 0. The van der Waals surface area contributed by atoms with Crippen LogP contribution in [0.15, 0.2) is 0 Å². The fraction of sp³-hybridized carbons (Fsp3) is 1.00. The molecule has 0 unspecified atom stereocenters. The lowest BCUT2D eigenvalue weighted by Gasteiger charge is -2.35. The van der Waals surface area contributed by atoms with Gasteiger partial charge in [-0.2, -0.15) is 0 Å². The van der Waals surface area contributed by atoms with Crippen LogP contribution in [0.4, 0.5) is 0 Å². The fourth-order valence-electron chi connectivity index (χ4n) is 1.76. The Kier molecular flexibility index (Phi) is 8.02. The molecule has 1 N–H and O–H groups in total. The average Bonchev–Trinajstić information content (AvgIpc) is 2.08. The van der Waals surface area contributed by atoms with Crippen LogP contribution in [0.3, 0.4) is 0 Å². The molecule has 92 valence electrons. The molecule has 0 saturated carbocycles. The van der Waals surface area contributed by atoms with Crippen LogP contribution in [0, 0.1) is 5.21 Å². The van der Waals surface area contributed by atoms with Gasteiger partial charge in [-0.15, -0.1) is 0 Å². The molecule has 0 amide bonds. The number of hydroxylamine groups is 3. The zero-order valence-corrected chi connectivity index (χ0v) is 10.5. The molecule has 0 radical (unpaired) electrons. The summed E-state index contributed by atoms with van der Waals surface area (Å²) in [5, 5.41) is 20.8. The van der Waals surface area contributed by atoms with Crippen molar-refractivity contribution in [2.75, 3.05) is 20.6 Å². The molecule has 0 saturated heterocycles. The van der Waals surface area contributed by atoms with Crippen molar-refractivity contribution >= 4 is 0 Å². The largest absolute Gasteiger partial charge is 0.633 e.